The zero-order valence-electron chi connectivity index (χ0n) is 19.3. The summed E-state index contributed by atoms with van der Waals surface area (Å²) in [7, 11) is 0. The number of aromatic nitrogens is 2. The molecule has 1 aromatic carbocycles. The Bertz CT molecular complexity index is 1230. The average Bonchev–Trinajstić information content (AvgIpc) is 3.28. The monoisotopic (exact) mass is 466 g/mol. The van der Waals surface area contributed by atoms with E-state index in [0.29, 0.717) is 36.8 Å². The second kappa shape index (κ2) is 9.87. The summed E-state index contributed by atoms with van der Waals surface area (Å²) in [6.45, 7) is 7.64. The minimum absolute atomic E-state index is 0.0677. The lowest BCUT2D eigenvalue weighted by atomic mass is 10.1. The molecule has 1 unspecified atom stereocenters. The molecule has 33 heavy (non-hydrogen) atoms. The highest BCUT2D eigenvalue weighted by Gasteiger charge is 2.29. The Morgan fingerprint density at radius 2 is 1.94 bits per heavy atom. The number of amides is 2. The topological polar surface area (TPSA) is 84.3 Å². The lowest BCUT2D eigenvalue weighted by Gasteiger charge is -2.31. The molecular weight excluding hydrogens is 436 g/mol. The van der Waals surface area contributed by atoms with Crippen LogP contribution in [0, 0.1) is 5.92 Å². The van der Waals surface area contributed by atoms with E-state index in [0.717, 1.165) is 12.8 Å². The van der Waals surface area contributed by atoms with Crippen molar-refractivity contribution in [2.45, 2.75) is 59.2 Å². The molecule has 0 saturated carbocycles. The van der Waals surface area contributed by atoms with Crippen molar-refractivity contribution >= 4 is 33.9 Å². The summed E-state index contributed by atoms with van der Waals surface area (Å²) < 4.78 is 1.36. The van der Waals surface area contributed by atoms with Gasteiger partial charge in [-0.25, -0.2) is 4.68 Å². The van der Waals surface area contributed by atoms with Crippen molar-refractivity contribution in [3.05, 3.63) is 62.2 Å². The van der Waals surface area contributed by atoms with Gasteiger partial charge in [0.15, 0.2) is 5.69 Å². The highest BCUT2D eigenvalue weighted by molar-refractivity contribution is 7.10. The highest BCUT2D eigenvalue weighted by atomic mass is 32.1. The second-order valence-corrected chi connectivity index (χ2v) is 9.97. The smallest absolute Gasteiger partial charge is 0.274 e. The Hall–Kier alpha value is -3.00. The molecule has 1 atom stereocenters. The number of benzene rings is 1. The molecule has 0 saturated heterocycles. The minimum atomic E-state index is -0.631. The first kappa shape index (κ1) is 23.2. The number of nitrogens with zero attached hydrogens (tertiary/aromatic N) is 3. The second-order valence-electron chi connectivity index (χ2n) is 8.97. The van der Waals surface area contributed by atoms with Crippen LogP contribution in [0.1, 0.15) is 54.5 Å². The van der Waals surface area contributed by atoms with Crippen molar-refractivity contribution in [1.82, 2.24) is 20.0 Å². The summed E-state index contributed by atoms with van der Waals surface area (Å²) in [5, 5.41) is 10.4. The van der Waals surface area contributed by atoms with E-state index in [2.05, 4.69) is 21.9 Å². The summed E-state index contributed by atoms with van der Waals surface area (Å²) in [6.07, 6.45) is 2.15. The summed E-state index contributed by atoms with van der Waals surface area (Å²) in [6, 6.07) is 8.46. The fourth-order valence-corrected chi connectivity index (χ4v) is 5.19. The zero-order chi connectivity index (χ0) is 23.5. The number of hydrogen-bond acceptors (Lipinski definition) is 5. The van der Waals surface area contributed by atoms with Crippen molar-refractivity contribution in [3.8, 4) is 0 Å². The number of rotatable bonds is 7. The van der Waals surface area contributed by atoms with Gasteiger partial charge in [-0.15, -0.1) is 11.3 Å². The fraction of sp³-hybridized carbons (Fsp3) is 0.440. The predicted molar refractivity (Wildman–Crippen MR) is 130 cm³/mol. The van der Waals surface area contributed by atoms with E-state index >= 15 is 0 Å². The molecule has 4 rings (SSSR count). The van der Waals surface area contributed by atoms with Crippen molar-refractivity contribution in [2.75, 3.05) is 6.54 Å². The van der Waals surface area contributed by atoms with Gasteiger partial charge in [-0.1, -0.05) is 45.4 Å². The third-order valence-electron chi connectivity index (χ3n) is 5.92. The van der Waals surface area contributed by atoms with Crippen LogP contribution < -0.4 is 10.9 Å². The van der Waals surface area contributed by atoms with E-state index < -0.39 is 11.9 Å². The third-order valence-corrected chi connectivity index (χ3v) is 6.94. The highest BCUT2D eigenvalue weighted by Crippen LogP contribution is 2.25. The van der Waals surface area contributed by atoms with Crippen LogP contribution in [0.3, 0.4) is 0 Å². The van der Waals surface area contributed by atoms with Crippen LogP contribution in [0.5, 0.6) is 0 Å². The van der Waals surface area contributed by atoms with E-state index in [9.17, 15) is 14.4 Å². The summed E-state index contributed by atoms with van der Waals surface area (Å²) >= 11 is 1.73. The van der Waals surface area contributed by atoms with Crippen LogP contribution in [0.25, 0.3) is 10.8 Å². The number of nitrogens with one attached hydrogen (secondary N) is 1. The largest absolute Gasteiger partial charge is 0.339 e. The molecule has 174 valence electrons. The van der Waals surface area contributed by atoms with Crippen LogP contribution in [0.2, 0.25) is 0 Å². The van der Waals surface area contributed by atoms with Crippen molar-refractivity contribution < 1.29 is 9.59 Å². The maximum absolute atomic E-state index is 13.4. The Kier molecular flexibility index (Phi) is 6.93. The number of carbonyl (C=O) groups is 2. The molecule has 0 fully saturated rings. The first-order valence-electron chi connectivity index (χ1n) is 11.5. The van der Waals surface area contributed by atoms with Gasteiger partial charge < -0.3 is 10.2 Å². The van der Waals surface area contributed by atoms with Gasteiger partial charge in [-0.2, -0.15) is 5.10 Å². The number of hydrogen-bond donors (Lipinski definition) is 1. The molecule has 1 aliphatic rings. The van der Waals surface area contributed by atoms with E-state index in [1.165, 1.54) is 15.1 Å². The zero-order valence-corrected chi connectivity index (χ0v) is 20.2. The molecule has 8 heteroatoms. The lowest BCUT2D eigenvalue weighted by Crippen LogP contribution is -2.50. The number of carbonyl (C=O) groups excluding carboxylic acids is 2. The van der Waals surface area contributed by atoms with Crippen LogP contribution in [0.4, 0.5) is 0 Å². The molecule has 0 aliphatic carbocycles. The number of fused-ring (bicyclic) bond motifs is 2. The maximum Gasteiger partial charge on any atom is 0.274 e. The van der Waals surface area contributed by atoms with E-state index in [-0.39, 0.29) is 23.1 Å². The first-order valence-corrected chi connectivity index (χ1v) is 12.4. The molecule has 1 aliphatic heterocycles. The molecule has 1 N–H and O–H groups in total. The molecule has 0 spiro atoms. The predicted octanol–water partition coefficient (Wildman–Crippen LogP) is 3.60. The third kappa shape index (κ3) is 4.85. The average molecular weight is 467 g/mol. The Morgan fingerprint density at radius 3 is 2.67 bits per heavy atom. The minimum Gasteiger partial charge on any atom is -0.339 e. The van der Waals surface area contributed by atoms with Crippen LogP contribution in [-0.4, -0.2) is 39.1 Å². The van der Waals surface area contributed by atoms with Gasteiger partial charge in [-0.3, -0.25) is 14.4 Å². The van der Waals surface area contributed by atoms with E-state index in [1.54, 1.807) is 35.6 Å². The molecule has 0 radical (unpaired) electrons. The van der Waals surface area contributed by atoms with Gasteiger partial charge in [0.25, 0.3) is 11.5 Å². The van der Waals surface area contributed by atoms with Gasteiger partial charge in [-0.05, 0) is 41.8 Å². The van der Waals surface area contributed by atoms with Crippen molar-refractivity contribution in [1.29, 1.82) is 0 Å². The summed E-state index contributed by atoms with van der Waals surface area (Å²) in [4.78, 5) is 42.8. The summed E-state index contributed by atoms with van der Waals surface area (Å²) in [5.74, 6) is -0.298. The molecule has 3 aromatic rings. The SMILES string of the molecule is CCCC(NC(=O)c1nn(CC(C)C)c(=O)c2ccccc12)C(=O)N1CCc2sccc2C1. The van der Waals surface area contributed by atoms with Gasteiger partial charge in [0.1, 0.15) is 6.04 Å². The van der Waals surface area contributed by atoms with E-state index in [1.807, 2.05) is 25.7 Å². The molecule has 0 bridgehead atoms. The Labute approximate surface area is 197 Å². The van der Waals surface area contributed by atoms with Gasteiger partial charge >= 0.3 is 0 Å². The van der Waals surface area contributed by atoms with Gasteiger partial charge in [0.2, 0.25) is 5.91 Å². The normalized spacial score (nSPS) is 14.4. The molecular formula is C25H30N4O3S. The molecule has 3 heterocycles. The number of thiophene rings is 1. The molecule has 2 amide bonds. The Morgan fingerprint density at radius 1 is 1.18 bits per heavy atom. The maximum atomic E-state index is 13.4. The summed E-state index contributed by atoms with van der Waals surface area (Å²) in [5.41, 5.74) is 1.16. The van der Waals surface area contributed by atoms with Crippen molar-refractivity contribution in [3.63, 3.8) is 0 Å². The lowest BCUT2D eigenvalue weighted by molar-refractivity contribution is -0.134. The van der Waals surface area contributed by atoms with Crippen LogP contribution >= 0.6 is 11.3 Å². The standard InChI is InChI=1S/C25H30N4O3S/c1-4-7-20(25(32)28-12-10-21-17(15-28)11-13-33-21)26-23(30)22-18-8-5-6-9-19(18)24(31)29(27-22)14-16(2)3/h5-6,8-9,11,13,16,20H,4,7,10,12,14-15H2,1-3H3,(H,26,30). The van der Waals surface area contributed by atoms with Crippen LogP contribution in [0.15, 0.2) is 40.5 Å². The van der Waals surface area contributed by atoms with Gasteiger partial charge in [0.05, 0.1) is 5.39 Å². The van der Waals surface area contributed by atoms with Crippen molar-refractivity contribution in [2.24, 2.45) is 5.92 Å². The fourth-order valence-electron chi connectivity index (χ4n) is 4.30. The van der Waals surface area contributed by atoms with E-state index in [4.69, 9.17) is 0 Å². The quantitative estimate of drug-likeness (QED) is 0.577. The Balaban J connectivity index is 1.62. The molecule has 7 nitrogen and oxygen atoms in total. The first-order chi connectivity index (χ1) is 15.9. The molecule has 2 aromatic heterocycles. The van der Waals surface area contributed by atoms with Gasteiger partial charge in [0, 0.05) is 29.9 Å². The van der Waals surface area contributed by atoms with Crippen LogP contribution in [-0.2, 0) is 24.3 Å².